The van der Waals surface area contributed by atoms with Crippen molar-refractivity contribution in [2.45, 2.75) is 19.1 Å². The van der Waals surface area contributed by atoms with Gasteiger partial charge in [-0.2, -0.15) is 0 Å². The fourth-order valence-corrected chi connectivity index (χ4v) is 3.23. The quantitative estimate of drug-likeness (QED) is 0.747. The van der Waals surface area contributed by atoms with Crippen LogP contribution in [0.5, 0.6) is 11.5 Å². The molecular formula is C21H23ClN2O5. The van der Waals surface area contributed by atoms with Crippen LogP contribution < -0.4 is 14.8 Å². The van der Waals surface area contributed by atoms with Crippen LogP contribution in [0, 0.1) is 0 Å². The van der Waals surface area contributed by atoms with E-state index in [9.17, 15) is 9.59 Å². The number of nitrogens with zero attached hydrogens (tertiary/aromatic N) is 1. The van der Waals surface area contributed by atoms with Gasteiger partial charge in [0.2, 0.25) is 11.8 Å². The molecule has 0 spiro atoms. The number of hydrogen-bond donors (Lipinski definition) is 1. The fraction of sp³-hybridized carbons (Fsp3) is 0.333. The third kappa shape index (κ3) is 5.19. The van der Waals surface area contributed by atoms with Gasteiger partial charge in [0, 0.05) is 18.1 Å². The smallest absolute Gasteiger partial charge is 0.249 e. The molecule has 0 saturated carbocycles. The monoisotopic (exact) mass is 418 g/mol. The van der Waals surface area contributed by atoms with Crippen molar-refractivity contribution in [3.05, 3.63) is 58.6 Å². The predicted molar refractivity (Wildman–Crippen MR) is 108 cm³/mol. The average Bonchev–Trinajstić information content (AvgIpc) is 2.74. The average molecular weight is 419 g/mol. The van der Waals surface area contributed by atoms with E-state index in [0.29, 0.717) is 23.1 Å². The molecule has 1 N–H and O–H groups in total. The molecule has 1 aliphatic rings. The second-order valence-electron chi connectivity index (χ2n) is 6.59. The predicted octanol–water partition coefficient (Wildman–Crippen LogP) is 2.40. The number of benzene rings is 2. The minimum atomic E-state index is -0.711. The molecule has 1 atom stereocenters. The molecule has 1 heterocycles. The molecule has 8 heteroatoms. The molecule has 2 aromatic rings. The number of morpholine rings is 1. The summed E-state index contributed by atoms with van der Waals surface area (Å²) in [6, 6.07) is 11.9. The maximum absolute atomic E-state index is 12.8. The molecule has 154 valence electrons. The Morgan fingerprint density at radius 2 is 1.83 bits per heavy atom. The van der Waals surface area contributed by atoms with Crippen LogP contribution in [0.15, 0.2) is 42.5 Å². The van der Waals surface area contributed by atoms with Crippen molar-refractivity contribution in [2.75, 3.05) is 27.4 Å². The Hall–Kier alpha value is -2.77. The first-order chi connectivity index (χ1) is 14.0. The van der Waals surface area contributed by atoms with E-state index in [-0.39, 0.29) is 31.6 Å². The minimum absolute atomic E-state index is 0.0474. The Morgan fingerprint density at radius 1 is 1.14 bits per heavy atom. The molecule has 1 fully saturated rings. The van der Waals surface area contributed by atoms with Gasteiger partial charge in [-0.15, -0.1) is 0 Å². The van der Waals surface area contributed by atoms with E-state index in [1.54, 1.807) is 38.5 Å². The Kier molecular flexibility index (Phi) is 6.95. The summed E-state index contributed by atoms with van der Waals surface area (Å²) in [7, 11) is 3.11. The number of halogens is 1. The van der Waals surface area contributed by atoms with Crippen LogP contribution in [-0.4, -0.2) is 50.2 Å². The number of amides is 2. The van der Waals surface area contributed by atoms with E-state index < -0.39 is 6.04 Å². The van der Waals surface area contributed by atoms with Crippen LogP contribution in [0.1, 0.15) is 11.1 Å². The summed E-state index contributed by atoms with van der Waals surface area (Å²) in [5, 5.41) is 3.50. The van der Waals surface area contributed by atoms with Gasteiger partial charge < -0.3 is 24.4 Å². The summed E-state index contributed by atoms with van der Waals surface area (Å²) < 4.78 is 15.9. The van der Waals surface area contributed by atoms with Crippen molar-refractivity contribution in [1.29, 1.82) is 0 Å². The molecule has 3 rings (SSSR count). The van der Waals surface area contributed by atoms with Crippen LogP contribution in [0.3, 0.4) is 0 Å². The highest BCUT2D eigenvalue weighted by Crippen LogP contribution is 2.28. The molecule has 0 bridgehead atoms. The lowest BCUT2D eigenvalue weighted by molar-refractivity contribution is -0.155. The van der Waals surface area contributed by atoms with Gasteiger partial charge in [-0.1, -0.05) is 29.8 Å². The molecule has 7 nitrogen and oxygen atoms in total. The van der Waals surface area contributed by atoms with Crippen molar-refractivity contribution in [3.8, 4) is 11.5 Å². The maximum atomic E-state index is 12.8. The van der Waals surface area contributed by atoms with Crippen LogP contribution >= 0.6 is 11.6 Å². The van der Waals surface area contributed by atoms with Crippen molar-refractivity contribution >= 4 is 23.4 Å². The van der Waals surface area contributed by atoms with Crippen molar-refractivity contribution in [1.82, 2.24) is 10.2 Å². The molecule has 1 saturated heterocycles. The number of carbonyl (C=O) groups is 2. The normalized spacial score (nSPS) is 16.4. The molecule has 0 aromatic heterocycles. The number of nitrogens with one attached hydrogen (secondary N) is 1. The van der Waals surface area contributed by atoms with E-state index in [1.165, 1.54) is 4.90 Å². The lowest BCUT2D eigenvalue weighted by Gasteiger charge is -2.34. The first kappa shape index (κ1) is 21.0. The molecular weight excluding hydrogens is 396 g/mol. The maximum Gasteiger partial charge on any atom is 0.249 e. The Morgan fingerprint density at radius 3 is 2.52 bits per heavy atom. The summed E-state index contributed by atoms with van der Waals surface area (Å²) in [4.78, 5) is 26.7. The Labute approximate surface area is 174 Å². The zero-order valence-corrected chi connectivity index (χ0v) is 17.1. The molecule has 0 radical (unpaired) electrons. The summed E-state index contributed by atoms with van der Waals surface area (Å²) in [6.07, 6.45) is 0. The zero-order valence-electron chi connectivity index (χ0n) is 16.3. The molecule has 0 aliphatic carbocycles. The van der Waals surface area contributed by atoms with Gasteiger partial charge in [-0.05, 0) is 35.4 Å². The van der Waals surface area contributed by atoms with E-state index in [1.807, 2.05) is 18.2 Å². The Bertz CT molecular complexity index is 872. The first-order valence-corrected chi connectivity index (χ1v) is 9.50. The standard InChI is InChI=1S/C21H23ClN2O5/c1-27-18-8-5-15(9-19(18)28-2)11-24-17(12-29-13-20(24)25)21(26)23-10-14-3-6-16(22)7-4-14/h3-9,17H,10-13H2,1-2H3,(H,23,26)/t17-/m0/s1. The first-order valence-electron chi connectivity index (χ1n) is 9.12. The lowest BCUT2D eigenvalue weighted by Crippen LogP contribution is -2.55. The van der Waals surface area contributed by atoms with E-state index in [0.717, 1.165) is 11.1 Å². The highest BCUT2D eigenvalue weighted by Gasteiger charge is 2.34. The number of methoxy groups -OCH3 is 2. The Balaban J connectivity index is 1.70. The van der Waals surface area contributed by atoms with Gasteiger partial charge in [-0.25, -0.2) is 0 Å². The second kappa shape index (κ2) is 9.62. The van der Waals surface area contributed by atoms with E-state index >= 15 is 0 Å². The largest absolute Gasteiger partial charge is 0.493 e. The zero-order chi connectivity index (χ0) is 20.8. The topological polar surface area (TPSA) is 77.1 Å². The summed E-state index contributed by atoms with van der Waals surface area (Å²) in [5.41, 5.74) is 1.74. The van der Waals surface area contributed by atoms with Crippen LogP contribution in [0.25, 0.3) is 0 Å². The third-order valence-electron chi connectivity index (χ3n) is 4.68. The number of rotatable bonds is 7. The summed E-state index contributed by atoms with van der Waals surface area (Å²) >= 11 is 5.88. The van der Waals surface area contributed by atoms with Crippen LogP contribution in [0.4, 0.5) is 0 Å². The van der Waals surface area contributed by atoms with Gasteiger partial charge in [0.15, 0.2) is 11.5 Å². The fourth-order valence-electron chi connectivity index (χ4n) is 3.11. The highest BCUT2D eigenvalue weighted by molar-refractivity contribution is 6.30. The highest BCUT2D eigenvalue weighted by atomic mass is 35.5. The second-order valence-corrected chi connectivity index (χ2v) is 7.02. The minimum Gasteiger partial charge on any atom is -0.493 e. The molecule has 0 unspecified atom stereocenters. The van der Waals surface area contributed by atoms with Crippen molar-refractivity contribution in [3.63, 3.8) is 0 Å². The molecule has 2 amide bonds. The van der Waals surface area contributed by atoms with Crippen LogP contribution in [-0.2, 0) is 27.4 Å². The summed E-state index contributed by atoms with van der Waals surface area (Å²) in [5.74, 6) is 0.655. The van der Waals surface area contributed by atoms with E-state index in [4.69, 9.17) is 25.8 Å². The van der Waals surface area contributed by atoms with Crippen molar-refractivity contribution in [2.24, 2.45) is 0 Å². The van der Waals surface area contributed by atoms with Crippen molar-refractivity contribution < 1.29 is 23.8 Å². The third-order valence-corrected chi connectivity index (χ3v) is 4.93. The van der Waals surface area contributed by atoms with E-state index in [2.05, 4.69) is 5.32 Å². The number of carbonyl (C=O) groups excluding carboxylic acids is 2. The van der Waals surface area contributed by atoms with Gasteiger partial charge in [-0.3, -0.25) is 9.59 Å². The molecule has 2 aromatic carbocycles. The van der Waals surface area contributed by atoms with Gasteiger partial charge in [0.25, 0.3) is 0 Å². The van der Waals surface area contributed by atoms with Crippen LogP contribution in [0.2, 0.25) is 5.02 Å². The molecule has 1 aliphatic heterocycles. The van der Waals surface area contributed by atoms with Gasteiger partial charge in [0.1, 0.15) is 12.6 Å². The number of ether oxygens (including phenoxy) is 3. The molecule has 29 heavy (non-hydrogen) atoms. The van der Waals surface area contributed by atoms with Gasteiger partial charge >= 0.3 is 0 Å². The number of hydrogen-bond acceptors (Lipinski definition) is 5. The lowest BCUT2D eigenvalue weighted by atomic mass is 10.1. The SMILES string of the molecule is COc1ccc(CN2C(=O)COC[C@H]2C(=O)NCc2ccc(Cl)cc2)cc1OC. The summed E-state index contributed by atoms with van der Waals surface area (Å²) in [6.45, 7) is 0.701. The van der Waals surface area contributed by atoms with Gasteiger partial charge in [0.05, 0.1) is 20.8 Å².